The first-order chi connectivity index (χ1) is 13.5. The summed E-state index contributed by atoms with van der Waals surface area (Å²) in [4.78, 5) is 38.5. The molecule has 0 saturated carbocycles. The molecule has 29 heavy (non-hydrogen) atoms. The topological polar surface area (TPSA) is 105 Å². The van der Waals surface area contributed by atoms with Crippen LogP contribution >= 0.6 is 15.9 Å². The Morgan fingerprint density at radius 1 is 1.28 bits per heavy atom. The lowest BCUT2D eigenvalue weighted by Crippen LogP contribution is -2.48. The van der Waals surface area contributed by atoms with Crippen LogP contribution in [0, 0.1) is 0 Å². The number of benzene rings is 1. The lowest BCUT2D eigenvalue weighted by molar-refractivity contribution is -0.141. The number of ether oxygens (including phenoxy) is 2. The first-order valence-corrected chi connectivity index (χ1v) is 10.1. The van der Waals surface area contributed by atoms with Crippen molar-refractivity contribution in [2.24, 2.45) is 0 Å². The van der Waals surface area contributed by atoms with Gasteiger partial charge < -0.3 is 19.9 Å². The third-order valence-electron chi connectivity index (χ3n) is 4.40. The van der Waals surface area contributed by atoms with Crippen LogP contribution in [0.1, 0.15) is 45.2 Å². The average molecular weight is 471 g/mol. The number of nitrogens with zero attached hydrogens (tertiary/aromatic N) is 1. The predicted molar refractivity (Wildman–Crippen MR) is 109 cm³/mol. The first kappa shape index (κ1) is 23.2. The van der Waals surface area contributed by atoms with Gasteiger partial charge in [-0.05, 0) is 38.5 Å². The number of carbonyl (C=O) groups excluding carboxylic acids is 3. The lowest BCUT2D eigenvalue weighted by atomic mass is 10.0. The molecule has 0 unspecified atom stereocenters. The average Bonchev–Trinajstić information content (AvgIpc) is 3.02. The van der Waals surface area contributed by atoms with Gasteiger partial charge in [-0.2, -0.15) is 0 Å². The third-order valence-corrected chi connectivity index (χ3v) is 4.93. The van der Waals surface area contributed by atoms with Crippen LogP contribution in [-0.4, -0.2) is 59.4 Å². The number of aliphatic hydroxyl groups excluding tert-OH is 1. The number of methoxy groups -OCH3 is 1. The molecule has 0 spiro atoms. The van der Waals surface area contributed by atoms with Crippen LogP contribution in [0.15, 0.2) is 28.7 Å². The quantitative estimate of drug-likeness (QED) is 0.640. The Hall–Kier alpha value is -2.13. The van der Waals surface area contributed by atoms with Gasteiger partial charge in [-0.15, -0.1) is 0 Å². The Morgan fingerprint density at radius 3 is 2.45 bits per heavy atom. The van der Waals surface area contributed by atoms with E-state index in [0.29, 0.717) is 5.56 Å². The fourth-order valence-corrected chi connectivity index (χ4v) is 3.31. The van der Waals surface area contributed by atoms with E-state index in [0.717, 1.165) is 4.47 Å². The second-order valence-corrected chi connectivity index (χ2v) is 8.85. The number of likely N-dealkylation sites (tertiary alicyclic amines) is 1. The number of aliphatic hydroxyl groups is 1. The maximum atomic E-state index is 13.0. The highest BCUT2D eigenvalue weighted by Crippen LogP contribution is 2.25. The monoisotopic (exact) mass is 470 g/mol. The van der Waals surface area contributed by atoms with Crippen molar-refractivity contribution in [1.29, 1.82) is 0 Å². The van der Waals surface area contributed by atoms with Crippen LogP contribution < -0.4 is 5.32 Å². The molecule has 9 heteroatoms. The number of halogens is 1. The van der Waals surface area contributed by atoms with Gasteiger partial charge in [-0.3, -0.25) is 14.5 Å². The van der Waals surface area contributed by atoms with Crippen molar-refractivity contribution in [3.63, 3.8) is 0 Å². The Morgan fingerprint density at radius 2 is 1.90 bits per heavy atom. The van der Waals surface area contributed by atoms with E-state index in [2.05, 4.69) is 21.2 Å². The zero-order chi connectivity index (χ0) is 21.8. The van der Waals surface area contributed by atoms with E-state index in [1.165, 1.54) is 12.0 Å². The van der Waals surface area contributed by atoms with Gasteiger partial charge in [0.15, 0.2) is 0 Å². The van der Waals surface area contributed by atoms with Gasteiger partial charge in [0.2, 0.25) is 5.91 Å². The molecule has 1 aliphatic rings. The van der Waals surface area contributed by atoms with E-state index in [4.69, 9.17) is 9.47 Å². The van der Waals surface area contributed by atoms with E-state index in [9.17, 15) is 19.5 Å². The highest BCUT2D eigenvalue weighted by atomic mass is 79.9. The molecule has 3 atom stereocenters. The van der Waals surface area contributed by atoms with Crippen molar-refractivity contribution in [2.75, 3.05) is 13.7 Å². The molecule has 8 nitrogen and oxygen atoms in total. The summed E-state index contributed by atoms with van der Waals surface area (Å²) in [7, 11) is 1.28. The lowest BCUT2D eigenvalue weighted by Gasteiger charge is -2.29. The minimum atomic E-state index is -0.893. The molecule has 160 valence electrons. The zero-order valence-electron chi connectivity index (χ0n) is 17.0. The molecule has 1 fully saturated rings. The number of rotatable bonds is 5. The summed E-state index contributed by atoms with van der Waals surface area (Å²) in [5.41, 5.74) is -0.00874. The van der Waals surface area contributed by atoms with Crippen LogP contribution in [0.3, 0.4) is 0 Å². The molecule has 2 rings (SSSR count). The summed E-state index contributed by atoms with van der Waals surface area (Å²) in [5, 5.41) is 12.8. The van der Waals surface area contributed by atoms with Crippen molar-refractivity contribution in [3.8, 4) is 0 Å². The zero-order valence-corrected chi connectivity index (χ0v) is 18.6. The largest absolute Gasteiger partial charge is 0.469 e. The third kappa shape index (κ3) is 6.71. The van der Waals surface area contributed by atoms with Gasteiger partial charge in [0.1, 0.15) is 11.6 Å². The summed E-state index contributed by atoms with van der Waals surface area (Å²) in [6, 6.07) is 5.65. The number of hydrogen-bond donors (Lipinski definition) is 2. The normalized spacial score (nSPS) is 20.1. The number of esters is 1. The predicted octanol–water partition coefficient (Wildman–Crippen LogP) is 2.54. The van der Waals surface area contributed by atoms with Gasteiger partial charge in [-0.1, -0.05) is 28.1 Å². The van der Waals surface area contributed by atoms with Crippen molar-refractivity contribution in [2.45, 2.75) is 57.4 Å². The van der Waals surface area contributed by atoms with Gasteiger partial charge >= 0.3 is 12.1 Å². The van der Waals surface area contributed by atoms with E-state index < -0.39 is 41.8 Å². The molecule has 0 aromatic heterocycles. The molecule has 0 radical (unpaired) electrons. The van der Waals surface area contributed by atoms with Crippen LogP contribution in [0.25, 0.3) is 0 Å². The van der Waals surface area contributed by atoms with Gasteiger partial charge in [-0.25, -0.2) is 4.79 Å². The van der Waals surface area contributed by atoms with Crippen LogP contribution in [0.5, 0.6) is 0 Å². The minimum Gasteiger partial charge on any atom is -0.469 e. The Labute approximate surface area is 178 Å². The summed E-state index contributed by atoms with van der Waals surface area (Å²) in [6.45, 7) is 5.19. The van der Waals surface area contributed by atoms with Crippen LogP contribution in [0.2, 0.25) is 0 Å². The second kappa shape index (κ2) is 9.58. The summed E-state index contributed by atoms with van der Waals surface area (Å²) >= 11 is 3.35. The van der Waals surface area contributed by atoms with Gasteiger partial charge in [0.25, 0.3) is 0 Å². The molecule has 1 aromatic rings. The minimum absolute atomic E-state index is 0.00690. The van der Waals surface area contributed by atoms with E-state index >= 15 is 0 Å². The molecule has 1 aliphatic heterocycles. The van der Waals surface area contributed by atoms with Crippen molar-refractivity contribution < 1.29 is 29.0 Å². The molecule has 2 amide bonds. The molecule has 1 aromatic carbocycles. The molecule has 2 N–H and O–H groups in total. The molecular formula is C20H27BrN2O6. The van der Waals surface area contributed by atoms with E-state index in [-0.39, 0.29) is 19.4 Å². The molecule has 1 saturated heterocycles. The molecule has 1 heterocycles. The number of nitrogens with one attached hydrogen (secondary N) is 1. The van der Waals surface area contributed by atoms with Crippen LogP contribution in [-0.2, 0) is 19.1 Å². The standard InChI is InChI=1S/C20H27BrN2O6/c1-20(2,3)29-19(27)23-11-14(24)9-16(23)18(26)22-15(10-17(25)28-4)12-5-7-13(21)8-6-12/h5-8,14-16,24H,9-11H2,1-4H3,(H,22,26)/t14-,15+,16+/m1/s1. The van der Waals surface area contributed by atoms with E-state index in [1.807, 2.05) is 0 Å². The van der Waals surface area contributed by atoms with Crippen molar-refractivity contribution in [1.82, 2.24) is 10.2 Å². The smallest absolute Gasteiger partial charge is 0.411 e. The van der Waals surface area contributed by atoms with E-state index in [1.54, 1.807) is 45.0 Å². The second-order valence-electron chi connectivity index (χ2n) is 7.93. The summed E-state index contributed by atoms with van der Waals surface area (Å²) < 4.78 is 11.0. The van der Waals surface area contributed by atoms with Crippen molar-refractivity contribution in [3.05, 3.63) is 34.3 Å². The number of carbonyl (C=O) groups is 3. The molecule has 0 aliphatic carbocycles. The highest BCUT2D eigenvalue weighted by molar-refractivity contribution is 9.10. The van der Waals surface area contributed by atoms with Crippen molar-refractivity contribution >= 4 is 33.9 Å². The first-order valence-electron chi connectivity index (χ1n) is 9.30. The Kier molecular flexibility index (Phi) is 7.65. The maximum absolute atomic E-state index is 13.0. The number of β-amino-alcohol motifs (C(OH)–C–C–N with tert-alkyl or cyclic N) is 1. The SMILES string of the molecule is COC(=O)C[C@H](NC(=O)[C@@H]1C[C@@H](O)CN1C(=O)OC(C)(C)C)c1ccc(Br)cc1. The van der Waals surface area contributed by atoms with Gasteiger partial charge in [0, 0.05) is 10.9 Å². The maximum Gasteiger partial charge on any atom is 0.411 e. The fraction of sp³-hybridized carbons (Fsp3) is 0.550. The Balaban J connectivity index is 2.18. The summed E-state index contributed by atoms with van der Waals surface area (Å²) in [5.74, 6) is -0.946. The number of hydrogen-bond acceptors (Lipinski definition) is 6. The van der Waals surface area contributed by atoms with Crippen LogP contribution in [0.4, 0.5) is 4.79 Å². The Bertz CT molecular complexity index is 746. The number of amides is 2. The van der Waals surface area contributed by atoms with Gasteiger partial charge in [0.05, 0.1) is 32.2 Å². The summed E-state index contributed by atoms with van der Waals surface area (Å²) in [6.07, 6.45) is -1.46. The molecular weight excluding hydrogens is 444 g/mol. The molecule has 0 bridgehead atoms. The highest BCUT2D eigenvalue weighted by Gasteiger charge is 2.41. The fourth-order valence-electron chi connectivity index (χ4n) is 3.05.